The third kappa shape index (κ3) is 2.27. The zero-order valence-corrected chi connectivity index (χ0v) is 3.61. The molecule has 1 atom stereocenters. The normalized spacial score (nSPS) is 14.3. The van der Waals surface area contributed by atoms with Crippen LogP contribution in [0.2, 0.25) is 0 Å². The summed E-state index contributed by atoms with van der Waals surface area (Å²) in [6, 6.07) is -1.17. The molecule has 0 heterocycles. The lowest BCUT2D eigenvalue weighted by Gasteiger charge is -2.02. The highest BCUT2D eigenvalue weighted by atomic mass is 16.5. The first kappa shape index (κ1) is 6.55. The standard InChI is InChI=1S/C3H7NO3/c4-2(1-5)3(6)7/h1-3,6-7H,4H2/t2-/m1/s1. The summed E-state index contributed by atoms with van der Waals surface area (Å²) < 4.78 is 0. The number of nitrogens with two attached hydrogens (primary N) is 1. The Balaban J connectivity index is 3.33. The Bertz CT molecular complexity index is 63.2. The minimum Gasteiger partial charge on any atom is -0.366 e. The lowest BCUT2D eigenvalue weighted by Crippen LogP contribution is -2.35. The summed E-state index contributed by atoms with van der Waals surface area (Å²) in [7, 11) is 0. The van der Waals surface area contributed by atoms with E-state index >= 15 is 0 Å². The smallest absolute Gasteiger partial charge is 0.173 e. The SMILES string of the molecule is N[C@H](C=O)C(O)O. The minimum atomic E-state index is -1.72. The highest BCUT2D eigenvalue weighted by molar-refractivity contribution is 5.57. The van der Waals surface area contributed by atoms with Gasteiger partial charge in [0.05, 0.1) is 0 Å². The molecule has 7 heavy (non-hydrogen) atoms. The molecule has 0 unspecified atom stereocenters. The summed E-state index contributed by atoms with van der Waals surface area (Å²) >= 11 is 0. The van der Waals surface area contributed by atoms with E-state index in [-0.39, 0.29) is 6.29 Å². The number of hydrogen-bond donors (Lipinski definition) is 3. The summed E-state index contributed by atoms with van der Waals surface area (Å²) in [5.74, 6) is 0. The second-order valence-electron chi connectivity index (χ2n) is 1.13. The molecule has 0 spiro atoms. The largest absolute Gasteiger partial charge is 0.366 e. The average Bonchev–Trinajstić information content (AvgIpc) is 1.65. The summed E-state index contributed by atoms with van der Waals surface area (Å²) in [5.41, 5.74) is 4.75. The van der Waals surface area contributed by atoms with Crippen LogP contribution < -0.4 is 5.73 Å². The van der Waals surface area contributed by atoms with Crippen LogP contribution in [0.4, 0.5) is 0 Å². The van der Waals surface area contributed by atoms with Crippen molar-refractivity contribution < 1.29 is 15.0 Å². The Morgan fingerprint density at radius 2 is 2.00 bits per heavy atom. The van der Waals surface area contributed by atoms with E-state index in [1.165, 1.54) is 0 Å². The number of aliphatic hydroxyl groups excluding tert-OH is 1. The van der Waals surface area contributed by atoms with Gasteiger partial charge in [0.2, 0.25) is 0 Å². The van der Waals surface area contributed by atoms with Gasteiger partial charge in [0.1, 0.15) is 12.3 Å². The van der Waals surface area contributed by atoms with E-state index in [1.807, 2.05) is 0 Å². The quantitative estimate of drug-likeness (QED) is 0.275. The van der Waals surface area contributed by atoms with Gasteiger partial charge in [-0.1, -0.05) is 0 Å². The van der Waals surface area contributed by atoms with Gasteiger partial charge in [0.25, 0.3) is 0 Å². The lowest BCUT2D eigenvalue weighted by atomic mass is 10.3. The van der Waals surface area contributed by atoms with Crippen LogP contribution in [0.3, 0.4) is 0 Å². The Morgan fingerprint density at radius 3 is 2.00 bits per heavy atom. The maximum absolute atomic E-state index is 9.50. The molecular formula is C3H7NO3. The molecule has 0 aliphatic carbocycles. The van der Waals surface area contributed by atoms with Crippen molar-refractivity contribution >= 4 is 6.29 Å². The number of aliphatic hydroxyl groups is 2. The molecule has 4 heteroatoms. The van der Waals surface area contributed by atoms with Gasteiger partial charge in [0, 0.05) is 0 Å². The first-order valence-electron chi connectivity index (χ1n) is 1.75. The average molecular weight is 105 g/mol. The molecule has 42 valence electrons. The van der Waals surface area contributed by atoms with Gasteiger partial charge in [-0.05, 0) is 0 Å². The second-order valence-corrected chi connectivity index (χ2v) is 1.13. The minimum absolute atomic E-state index is 0.269. The predicted molar refractivity (Wildman–Crippen MR) is 22.3 cm³/mol. The van der Waals surface area contributed by atoms with E-state index in [0.717, 1.165) is 0 Å². The van der Waals surface area contributed by atoms with Gasteiger partial charge in [-0.3, -0.25) is 0 Å². The fourth-order valence-corrected chi connectivity index (χ4v) is 0.0703. The Hall–Kier alpha value is -0.450. The maximum Gasteiger partial charge on any atom is 0.173 e. The molecule has 0 amide bonds. The van der Waals surface area contributed by atoms with E-state index in [9.17, 15) is 4.79 Å². The zero-order chi connectivity index (χ0) is 5.86. The van der Waals surface area contributed by atoms with Crippen LogP contribution in [-0.4, -0.2) is 28.8 Å². The van der Waals surface area contributed by atoms with E-state index in [2.05, 4.69) is 0 Å². The number of carbonyl (C=O) groups excluding carboxylic acids is 1. The van der Waals surface area contributed by atoms with E-state index < -0.39 is 12.3 Å². The van der Waals surface area contributed by atoms with E-state index in [4.69, 9.17) is 15.9 Å². The topological polar surface area (TPSA) is 83.6 Å². The van der Waals surface area contributed by atoms with Crippen molar-refractivity contribution in [3.05, 3.63) is 0 Å². The second kappa shape index (κ2) is 2.68. The fraction of sp³-hybridized carbons (Fsp3) is 0.667. The van der Waals surface area contributed by atoms with E-state index in [1.54, 1.807) is 0 Å². The number of rotatable bonds is 2. The van der Waals surface area contributed by atoms with Crippen LogP contribution in [0.1, 0.15) is 0 Å². The maximum atomic E-state index is 9.50. The molecule has 0 aromatic rings. The Labute approximate surface area is 40.6 Å². The van der Waals surface area contributed by atoms with Gasteiger partial charge < -0.3 is 20.7 Å². The highest BCUT2D eigenvalue weighted by Crippen LogP contribution is 1.75. The first-order chi connectivity index (χ1) is 3.18. The van der Waals surface area contributed by atoms with Crippen molar-refractivity contribution in [2.45, 2.75) is 12.3 Å². The fourth-order valence-electron chi connectivity index (χ4n) is 0.0703. The van der Waals surface area contributed by atoms with Crippen LogP contribution >= 0.6 is 0 Å². The molecule has 0 rings (SSSR count). The molecule has 0 radical (unpaired) electrons. The first-order valence-corrected chi connectivity index (χ1v) is 1.75. The van der Waals surface area contributed by atoms with Gasteiger partial charge in [-0.15, -0.1) is 0 Å². The molecule has 0 saturated heterocycles. The van der Waals surface area contributed by atoms with Crippen molar-refractivity contribution in [3.8, 4) is 0 Å². The van der Waals surface area contributed by atoms with Gasteiger partial charge in [0.15, 0.2) is 6.29 Å². The summed E-state index contributed by atoms with van der Waals surface area (Å²) in [6.07, 6.45) is -1.46. The molecule has 0 aromatic carbocycles. The monoisotopic (exact) mass is 105 g/mol. The molecule has 0 bridgehead atoms. The van der Waals surface area contributed by atoms with Crippen molar-refractivity contribution in [2.24, 2.45) is 5.73 Å². The number of carbonyl (C=O) groups is 1. The highest BCUT2D eigenvalue weighted by Gasteiger charge is 2.06. The summed E-state index contributed by atoms with van der Waals surface area (Å²) in [6.45, 7) is 0. The molecule has 0 aromatic heterocycles. The molecule has 4 N–H and O–H groups in total. The Morgan fingerprint density at radius 1 is 1.57 bits per heavy atom. The summed E-state index contributed by atoms with van der Waals surface area (Å²) in [5, 5.41) is 16.0. The van der Waals surface area contributed by atoms with Crippen LogP contribution in [-0.2, 0) is 4.79 Å². The zero-order valence-electron chi connectivity index (χ0n) is 3.61. The van der Waals surface area contributed by atoms with Gasteiger partial charge in [-0.2, -0.15) is 0 Å². The molecular weight excluding hydrogens is 98.0 g/mol. The molecule has 0 saturated carbocycles. The van der Waals surface area contributed by atoms with Crippen molar-refractivity contribution in [1.82, 2.24) is 0 Å². The van der Waals surface area contributed by atoms with Crippen molar-refractivity contribution in [2.75, 3.05) is 0 Å². The third-order valence-electron chi connectivity index (χ3n) is 0.501. The van der Waals surface area contributed by atoms with Crippen LogP contribution in [0.15, 0.2) is 0 Å². The van der Waals surface area contributed by atoms with Crippen LogP contribution in [0.25, 0.3) is 0 Å². The number of aldehydes is 1. The molecule has 4 nitrogen and oxygen atoms in total. The third-order valence-corrected chi connectivity index (χ3v) is 0.501. The van der Waals surface area contributed by atoms with Crippen molar-refractivity contribution in [3.63, 3.8) is 0 Å². The Kier molecular flexibility index (Phi) is 2.51. The molecule has 0 fully saturated rings. The van der Waals surface area contributed by atoms with Crippen LogP contribution in [0.5, 0.6) is 0 Å². The lowest BCUT2D eigenvalue weighted by molar-refractivity contribution is -0.119. The van der Waals surface area contributed by atoms with E-state index in [0.29, 0.717) is 0 Å². The van der Waals surface area contributed by atoms with Crippen LogP contribution in [0, 0.1) is 0 Å². The molecule has 0 aliphatic rings. The predicted octanol–water partition coefficient (Wildman–Crippen LogP) is -2.18. The van der Waals surface area contributed by atoms with Crippen molar-refractivity contribution in [1.29, 1.82) is 0 Å². The molecule has 0 aliphatic heterocycles. The summed E-state index contributed by atoms with van der Waals surface area (Å²) in [4.78, 5) is 9.50. The van der Waals surface area contributed by atoms with Gasteiger partial charge in [-0.25, -0.2) is 0 Å². The number of hydrogen-bond acceptors (Lipinski definition) is 4. The van der Waals surface area contributed by atoms with Gasteiger partial charge >= 0.3 is 0 Å².